The van der Waals surface area contributed by atoms with Crippen LogP contribution in [-0.2, 0) is 6.54 Å². The summed E-state index contributed by atoms with van der Waals surface area (Å²) in [5, 5.41) is 1.24. The molecule has 0 spiro atoms. The Hall–Kier alpha value is -0.920. The molecule has 8 heteroatoms. The van der Waals surface area contributed by atoms with Crippen molar-refractivity contribution in [3.05, 3.63) is 52.6 Å². The molecule has 0 saturated heterocycles. The maximum atomic E-state index is 13.2. The lowest BCUT2D eigenvalue weighted by Gasteiger charge is -2.03. The van der Waals surface area contributed by atoms with Crippen LogP contribution in [0, 0.1) is 5.82 Å². The van der Waals surface area contributed by atoms with Gasteiger partial charge in [-0.1, -0.05) is 11.6 Å². The molecule has 0 aliphatic heterocycles. The molecule has 17 heavy (non-hydrogen) atoms. The Morgan fingerprint density at radius 1 is 1.53 bits per heavy atom. The average Bonchev–Trinajstić information content (AvgIpc) is 2.67. The molecule has 4 nitrogen and oxygen atoms in total. The van der Waals surface area contributed by atoms with Crippen molar-refractivity contribution in [2.24, 2.45) is 0 Å². The number of hydrogen-bond acceptors (Lipinski definition) is 3. The second kappa shape index (κ2) is 4.75. The van der Waals surface area contributed by atoms with Crippen molar-refractivity contribution in [2.75, 3.05) is 0 Å². The molecule has 2 heterocycles. The standard InChI is InChI=1S/C9H5BrClFN2O2S/c10-4-1-5(17-3-4)2-14-8(15)6(12)7(11)13-9(14)16/h1,3H,2H2,(H,13,16). The van der Waals surface area contributed by atoms with Crippen LogP contribution < -0.4 is 11.2 Å². The first-order valence-corrected chi connectivity index (χ1v) is 6.45. The number of nitrogens with zero attached hydrogens (tertiary/aromatic N) is 1. The van der Waals surface area contributed by atoms with Crippen LogP contribution in [0.5, 0.6) is 0 Å². The van der Waals surface area contributed by atoms with Gasteiger partial charge in [0.25, 0.3) is 5.56 Å². The van der Waals surface area contributed by atoms with Gasteiger partial charge in [0.2, 0.25) is 5.82 Å². The lowest BCUT2D eigenvalue weighted by atomic mass is 10.4. The minimum atomic E-state index is -1.15. The van der Waals surface area contributed by atoms with Gasteiger partial charge in [-0.15, -0.1) is 11.3 Å². The smallest absolute Gasteiger partial charge is 0.295 e. The van der Waals surface area contributed by atoms with Gasteiger partial charge in [0, 0.05) is 14.7 Å². The molecule has 1 N–H and O–H groups in total. The van der Waals surface area contributed by atoms with Gasteiger partial charge in [0.1, 0.15) is 0 Å². The second-order valence-corrected chi connectivity index (χ2v) is 5.47. The molecule has 0 atom stereocenters. The molecule has 0 radical (unpaired) electrons. The molecule has 2 aromatic rings. The minimum absolute atomic E-state index is 0.0124. The molecule has 2 aromatic heterocycles. The highest BCUT2D eigenvalue weighted by Crippen LogP contribution is 2.19. The van der Waals surface area contributed by atoms with Gasteiger partial charge >= 0.3 is 5.69 Å². The van der Waals surface area contributed by atoms with Gasteiger partial charge in [-0.3, -0.25) is 14.3 Å². The molecule has 0 amide bonds. The molecule has 0 aliphatic rings. The Kier molecular flexibility index (Phi) is 3.50. The van der Waals surface area contributed by atoms with Crippen molar-refractivity contribution in [2.45, 2.75) is 6.54 Å². The van der Waals surface area contributed by atoms with Crippen LogP contribution in [0.2, 0.25) is 5.15 Å². The molecule has 0 aliphatic carbocycles. The molecule has 2 rings (SSSR count). The number of rotatable bonds is 2. The van der Waals surface area contributed by atoms with Crippen molar-refractivity contribution >= 4 is 38.9 Å². The zero-order chi connectivity index (χ0) is 12.6. The summed E-state index contributed by atoms with van der Waals surface area (Å²) in [5.41, 5.74) is -1.76. The highest BCUT2D eigenvalue weighted by Gasteiger charge is 2.12. The Morgan fingerprint density at radius 2 is 2.24 bits per heavy atom. The Balaban J connectivity index is 2.50. The van der Waals surface area contributed by atoms with Crippen molar-refractivity contribution in [1.29, 1.82) is 0 Å². The number of thiophene rings is 1. The van der Waals surface area contributed by atoms with E-state index in [9.17, 15) is 14.0 Å². The number of aromatic amines is 1. The molecule has 90 valence electrons. The first-order valence-electron chi connectivity index (χ1n) is 4.40. The fourth-order valence-electron chi connectivity index (χ4n) is 1.26. The number of H-pyrrole nitrogens is 1. The molecule has 0 fully saturated rings. The summed E-state index contributed by atoms with van der Waals surface area (Å²) in [7, 11) is 0. The summed E-state index contributed by atoms with van der Waals surface area (Å²) in [5.74, 6) is -1.15. The third kappa shape index (κ3) is 2.51. The van der Waals surface area contributed by atoms with Gasteiger partial charge in [0.15, 0.2) is 5.15 Å². The zero-order valence-corrected chi connectivity index (χ0v) is 11.3. The van der Waals surface area contributed by atoms with Crippen LogP contribution in [0.1, 0.15) is 4.88 Å². The monoisotopic (exact) mass is 338 g/mol. The summed E-state index contributed by atoms with van der Waals surface area (Å²) < 4.78 is 14.8. The van der Waals surface area contributed by atoms with Gasteiger partial charge < -0.3 is 0 Å². The summed E-state index contributed by atoms with van der Waals surface area (Å²) in [6.45, 7) is 0.0124. The van der Waals surface area contributed by atoms with E-state index >= 15 is 0 Å². The largest absolute Gasteiger partial charge is 0.329 e. The maximum absolute atomic E-state index is 13.2. The average molecular weight is 340 g/mol. The molecule has 0 aromatic carbocycles. The number of halogens is 3. The number of aromatic nitrogens is 2. The second-order valence-electron chi connectivity index (χ2n) is 3.18. The van der Waals surface area contributed by atoms with Crippen molar-refractivity contribution in [3.63, 3.8) is 0 Å². The van der Waals surface area contributed by atoms with Crippen LogP contribution in [-0.4, -0.2) is 9.55 Å². The highest BCUT2D eigenvalue weighted by molar-refractivity contribution is 9.10. The predicted molar refractivity (Wildman–Crippen MR) is 67.4 cm³/mol. The van der Waals surface area contributed by atoms with E-state index in [0.29, 0.717) is 0 Å². The summed E-state index contributed by atoms with van der Waals surface area (Å²) in [6, 6.07) is 1.75. The molecule has 0 bridgehead atoms. The zero-order valence-electron chi connectivity index (χ0n) is 8.17. The van der Waals surface area contributed by atoms with Gasteiger partial charge in [-0.2, -0.15) is 4.39 Å². The quantitative estimate of drug-likeness (QED) is 0.853. The third-order valence-electron chi connectivity index (χ3n) is 2.02. The lowest BCUT2D eigenvalue weighted by Crippen LogP contribution is -2.37. The Labute approximate surface area is 112 Å². The maximum Gasteiger partial charge on any atom is 0.329 e. The summed E-state index contributed by atoms with van der Waals surface area (Å²) in [4.78, 5) is 25.8. The predicted octanol–water partition coefficient (Wildman–Crippen LogP) is 2.20. The topological polar surface area (TPSA) is 54.9 Å². The number of nitrogens with one attached hydrogen (secondary N) is 1. The normalized spacial score (nSPS) is 10.8. The van der Waals surface area contributed by atoms with Crippen molar-refractivity contribution < 1.29 is 4.39 Å². The first kappa shape index (κ1) is 12.5. The number of hydrogen-bond donors (Lipinski definition) is 1. The van der Waals surface area contributed by atoms with E-state index < -0.39 is 22.2 Å². The van der Waals surface area contributed by atoms with Gasteiger partial charge in [0.05, 0.1) is 6.54 Å². The van der Waals surface area contributed by atoms with E-state index in [-0.39, 0.29) is 6.54 Å². The summed E-state index contributed by atoms with van der Waals surface area (Å²) >= 11 is 9.96. The first-order chi connectivity index (χ1) is 7.99. The van der Waals surface area contributed by atoms with Crippen molar-refractivity contribution in [1.82, 2.24) is 9.55 Å². The fraction of sp³-hybridized carbons (Fsp3) is 0.111. The Morgan fingerprint density at radius 3 is 2.82 bits per heavy atom. The minimum Gasteiger partial charge on any atom is -0.295 e. The molecular weight excluding hydrogens is 335 g/mol. The van der Waals surface area contributed by atoms with Crippen LogP contribution in [0.15, 0.2) is 25.5 Å². The van der Waals surface area contributed by atoms with Crippen molar-refractivity contribution in [3.8, 4) is 0 Å². The van der Waals surface area contributed by atoms with E-state index in [4.69, 9.17) is 11.6 Å². The van der Waals surface area contributed by atoms with Crippen LogP contribution in [0.25, 0.3) is 0 Å². The van der Waals surface area contributed by atoms with E-state index in [1.807, 2.05) is 0 Å². The van der Waals surface area contributed by atoms with Gasteiger partial charge in [-0.05, 0) is 22.0 Å². The van der Waals surface area contributed by atoms with Crippen LogP contribution in [0.4, 0.5) is 4.39 Å². The van der Waals surface area contributed by atoms with Gasteiger partial charge in [-0.25, -0.2) is 4.79 Å². The van der Waals surface area contributed by atoms with E-state index in [2.05, 4.69) is 20.9 Å². The van der Waals surface area contributed by atoms with E-state index in [1.165, 1.54) is 11.3 Å². The molecular formula is C9H5BrClFN2O2S. The fourth-order valence-corrected chi connectivity index (χ4v) is 2.86. The highest BCUT2D eigenvalue weighted by atomic mass is 79.9. The van der Waals surface area contributed by atoms with Crippen LogP contribution >= 0.6 is 38.9 Å². The molecule has 0 unspecified atom stereocenters. The summed E-state index contributed by atoms with van der Waals surface area (Å²) in [6.07, 6.45) is 0. The third-order valence-corrected chi connectivity index (χ3v) is 3.97. The molecule has 0 saturated carbocycles. The van der Waals surface area contributed by atoms with E-state index in [1.54, 1.807) is 11.4 Å². The lowest BCUT2D eigenvalue weighted by molar-refractivity contribution is 0.559. The van der Waals surface area contributed by atoms with E-state index in [0.717, 1.165) is 13.9 Å². The SMILES string of the molecule is O=c1[nH]c(Cl)c(F)c(=O)n1Cc1cc(Br)cs1. The van der Waals surface area contributed by atoms with Crippen LogP contribution in [0.3, 0.4) is 0 Å². The Bertz CT molecular complexity index is 678.